The van der Waals surface area contributed by atoms with Crippen LogP contribution in [0.3, 0.4) is 0 Å². The number of fused-ring (bicyclic) bond motifs is 1. The van der Waals surface area contributed by atoms with E-state index < -0.39 is 23.7 Å². The van der Waals surface area contributed by atoms with Crippen LogP contribution in [0.1, 0.15) is 56.4 Å². The molecule has 0 spiro atoms. The van der Waals surface area contributed by atoms with E-state index in [-0.39, 0.29) is 17.1 Å². The summed E-state index contributed by atoms with van der Waals surface area (Å²) in [6, 6.07) is 9.62. The van der Waals surface area contributed by atoms with Crippen LogP contribution in [-0.2, 0) is 23.9 Å². The Morgan fingerprint density at radius 2 is 1.59 bits per heavy atom. The molecular weight excluding hydrogens is 501 g/mol. The lowest BCUT2D eigenvalue weighted by Gasteiger charge is -2.29. The first-order chi connectivity index (χ1) is 18.6. The molecule has 8 nitrogen and oxygen atoms in total. The van der Waals surface area contributed by atoms with Crippen LogP contribution in [0.2, 0.25) is 0 Å². The van der Waals surface area contributed by atoms with E-state index in [1.54, 1.807) is 36.6 Å². The number of methoxy groups -OCH3 is 2. The zero-order valence-electron chi connectivity index (χ0n) is 22.7. The number of ether oxygens (including phenoxy) is 2. The number of hydrogen-bond acceptors (Lipinski definition) is 7. The maximum Gasteiger partial charge on any atom is 0.336 e. The van der Waals surface area contributed by atoms with Crippen molar-refractivity contribution in [1.29, 1.82) is 0 Å². The number of halogens is 1. The van der Waals surface area contributed by atoms with Gasteiger partial charge in [0.25, 0.3) is 0 Å². The summed E-state index contributed by atoms with van der Waals surface area (Å²) in [6.45, 7) is 7.53. The van der Waals surface area contributed by atoms with E-state index in [2.05, 4.69) is 5.32 Å². The summed E-state index contributed by atoms with van der Waals surface area (Å²) in [5.74, 6) is -2.44. The van der Waals surface area contributed by atoms with E-state index >= 15 is 0 Å². The van der Waals surface area contributed by atoms with E-state index in [1.807, 2.05) is 26.0 Å². The van der Waals surface area contributed by atoms with Gasteiger partial charge in [-0.25, -0.2) is 18.5 Å². The average molecular weight is 532 g/mol. The van der Waals surface area contributed by atoms with Crippen LogP contribution >= 0.6 is 0 Å². The van der Waals surface area contributed by atoms with Crippen molar-refractivity contribution in [1.82, 2.24) is 14.9 Å². The minimum Gasteiger partial charge on any atom is -0.466 e. The predicted molar refractivity (Wildman–Crippen MR) is 145 cm³/mol. The Balaban J connectivity index is 2.13. The van der Waals surface area contributed by atoms with Gasteiger partial charge >= 0.3 is 11.9 Å². The first kappa shape index (κ1) is 27.5. The highest BCUT2D eigenvalue weighted by molar-refractivity contribution is 6.00. The Labute approximate surface area is 225 Å². The van der Waals surface area contributed by atoms with Gasteiger partial charge in [0.15, 0.2) is 0 Å². The highest BCUT2D eigenvalue weighted by Gasteiger charge is 2.39. The van der Waals surface area contributed by atoms with E-state index in [1.165, 1.54) is 32.4 Å². The number of aromatic nitrogens is 2. The van der Waals surface area contributed by atoms with Crippen molar-refractivity contribution in [2.24, 2.45) is 0 Å². The zero-order valence-corrected chi connectivity index (χ0v) is 22.7. The van der Waals surface area contributed by atoms with E-state index in [0.717, 1.165) is 11.1 Å². The summed E-state index contributed by atoms with van der Waals surface area (Å²) in [7, 11) is 2.57. The third-order valence-corrected chi connectivity index (χ3v) is 6.81. The van der Waals surface area contributed by atoms with Crippen LogP contribution in [0.5, 0.6) is 0 Å². The average Bonchev–Trinajstić information content (AvgIpc) is 3.33. The van der Waals surface area contributed by atoms with Crippen LogP contribution in [-0.4, -0.2) is 42.1 Å². The highest BCUT2D eigenvalue weighted by Crippen LogP contribution is 2.41. The maximum absolute atomic E-state index is 13.8. The lowest BCUT2D eigenvalue weighted by molar-refractivity contribution is -0.137. The SMILES string of the molecule is COC(=O)C1=C(C)NC(C)=C(C(=O)OC)C1c1ccc2c(C(C)C)c(/C=C/C=O)c(-c3ccc(F)cc3)nn12. The fourth-order valence-corrected chi connectivity index (χ4v) is 5.18. The molecule has 3 aromatic rings. The lowest BCUT2D eigenvalue weighted by Crippen LogP contribution is -2.32. The molecule has 1 aliphatic heterocycles. The van der Waals surface area contributed by atoms with Crippen LogP contribution in [0.4, 0.5) is 4.39 Å². The van der Waals surface area contributed by atoms with Gasteiger partial charge in [0, 0.05) is 22.5 Å². The Morgan fingerprint density at radius 3 is 2.10 bits per heavy atom. The Kier molecular flexibility index (Phi) is 7.80. The topological polar surface area (TPSA) is 99.0 Å². The minimum atomic E-state index is -0.849. The van der Waals surface area contributed by atoms with Crippen molar-refractivity contribution in [3.63, 3.8) is 0 Å². The molecule has 2 aromatic heterocycles. The summed E-state index contributed by atoms with van der Waals surface area (Å²) in [5.41, 5.74) is 5.62. The molecule has 0 aliphatic carbocycles. The van der Waals surface area contributed by atoms with Crippen molar-refractivity contribution in [2.75, 3.05) is 14.2 Å². The van der Waals surface area contributed by atoms with Crippen molar-refractivity contribution in [2.45, 2.75) is 39.5 Å². The molecule has 0 saturated carbocycles. The molecule has 1 aliphatic rings. The summed E-state index contributed by atoms with van der Waals surface area (Å²) in [5, 5.41) is 8.06. The molecule has 0 bridgehead atoms. The number of esters is 2. The second kappa shape index (κ2) is 11.1. The van der Waals surface area contributed by atoms with Crippen LogP contribution in [0.25, 0.3) is 22.9 Å². The van der Waals surface area contributed by atoms with Gasteiger partial charge in [-0.2, -0.15) is 5.10 Å². The van der Waals surface area contributed by atoms with Gasteiger partial charge in [-0.05, 0) is 73.9 Å². The molecule has 0 amide bonds. The van der Waals surface area contributed by atoms with Crippen LogP contribution < -0.4 is 5.32 Å². The minimum absolute atomic E-state index is 0.00788. The van der Waals surface area contributed by atoms with Crippen LogP contribution in [0, 0.1) is 5.82 Å². The van der Waals surface area contributed by atoms with Crippen molar-refractivity contribution in [3.8, 4) is 11.3 Å². The first-order valence-electron chi connectivity index (χ1n) is 12.4. The lowest BCUT2D eigenvalue weighted by atomic mass is 9.83. The Morgan fingerprint density at radius 1 is 1.00 bits per heavy atom. The van der Waals surface area contributed by atoms with Gasteiger partial charge < -0.3 is 14.8 Å². The first-order valence-corrected chi connectivity index (χ1v) is 12.4. The number of aldehydes is 1. The molecule has 0 radical (unpaired) electrons. The fourth-order valence-electron chi connectivity index (χ4n) is 5.18. The molecule has 202 valence electrons. The number of nitrogens with zero attached hydrogens (tertiary/aromatic N) is 2. The third-order valence-electron chi connectivity index (χ3n) is 6.81. The largest absolute Gasteiger partial charge is 0.466 e. The van der Waals surface area contributed by atoms with Crippen molar-refractivity contribution in [3.05, 3.63) is 87.7 Å². The smallest absolute Gasteiger partial charge is 0.336 e. The van der Waals surface area contributed by atoms with Gasteiger partial charge in [0.1, 0.15) is 12.1 Å². The van der Waals surface area contributed by atoms with Gasteiger partial charge in [0.05, 0.1) is 48.2 Å². The molecule has 3 heterocycles. The molecule has 1 aromatic carbocycles. The van der Waals surface area contributed by atoms with Crippen LogP contribution in [0.15, 0.2) is 65.0 Å². The molecule has 9 heteroatoms. The summed E-state index contributed by atoms with van der Waals surface area (Å²) >= 11 is 0. The summed E-state index contributed by atoms with van der Waals surface area (Å²) in [6.07, 6.45) is 3.78. The second-order valence-electron chi connectivity index (χ2n) is 9.51. The van der Waals surface area contributed by atoms with Crippen molar-refractivity contribution < 1.29 is 28.2 Å². The predicted octanol–water partition coefficient (Wildman–Crippen LogP) is 5.06. The number of benzene rings is 1. The zero-order chi connectivity index (χ0) is 28.4. The van der Waals surface area contributed by atoms with Gasteiger partial charge in [0.2, 0.25) is 0 Å². The molecule has 4 rings (SSSR count). The quantitative estimate of drug-likeness (QED) is 0.259. The molecule has 0 saturated heterocycles. The number of carbonyl (C=O) groups excluding carboxylic acids is 3. The Bertz CT molecular complexity index is 1520. The summed E-state index contributed by atoms with van der Waals surface area (Å²) in [4.78, 5) is 37.4. The number of allylic oxidation sites excluding steroid dienone is 3. The molecular formula is C30H30FN3O5. The molecule has 1 N–H and O–H groups in total. The number of hydrogen-bond donors (Lipinski definition) is 1. The normalized spacial score (nSPS) is 14.4. The Hall–Kier alpha value is -4.53. The third kappa shape index (κ3) is 4.87. The number of dihydropyridines is 1. The van der Waals surface area contributed by atoms with Gasteiger partial charge in [-0.15, -0.1) is 0 Å². The van der Waals surface area contributed by atoms with E-state index in [9.17, 15) is 18.8 Å². The standard InChI is InChI=1S/C30H30FN3O5/c1-16(2)24-21(8-7-15-35)28(19-9-11-20(31)12-10-19)33-34-22(24)13-14-23(34)27-25(29(36)38-5)17(3)32-18(4)26(27)30(37)39-6/h7-16,27,32H,1-6H3/b8-7+. The maximum atomic E-state index is 13.8. The molecule has 0 unspecified atom stereocenters. The highest BCUT2D eigenvalue weighted by atomic mass is 19.1. The van der Waals surface area contributed by atoms with E-state index in [0.29, 0.717) is 40.2 Å². The van der Waals surface area contributed by atoms with Crippen molar-refractivity contribution >= 4 is 29.8 Å². The molecule has 0 atom stereocenters. The van der Waals surface area contributed by atoms with Gasteiger partial charge in [-0.1, -0.05) is 13.8 Å². The molecule has 39 heavy (non-hydrogen) atoms. The molecule has 0 fully saturated rings. The number of carbonyl (C=O) groups is 3. The van der Waals surface area contributed by atoms with Gasteiger partial charge in [-0.3, -0.25) is 4.79 Å². The van der Waals surface area contributed by atoms with E-state index in [4.69, 9.17) is 14.6 Å². The number of rotatable bonds is 7. The monoisotopic (exact) mass is 531 g/mol. The second-order valence-corrected chi connectivity index (χ2v) is 9.51. The number of nitrogens with one attached hydrogen (secondary N) is 1. The summed E-state index contributed by atoms with van der Waals surface area (Å²) < 4.78 is 25.7. The fraction of sp³-hybridized carbons (Fsp3) is 0.267.